The Kier molecular flexibility index (Phi) is 3.37. The van der Waals surface area contributed by atoms with Gasteiger partial charge in [0.15, 0.2) is 0 Å². The molecule has 4 heterocycles. The number of hydrogen-bond acceptors (Lipinski definition) is 3. The largest absolute Gasteiger partial charge is 0.346 e. The quantitative estimate of drug-likeness (QED) is 0.572. The number of nitrogens with one attached hydrogen (secondary N) is 2. The highest BCUT2D eigenvalue weighted by atomic mass is 14.9. The summed E-state index contributed by atoms with van der Waals surface area (Å²) in [5.74, 6) is 0.748. The van der Waals surface area contributed by atoms with Crippen molar-refractivity contribution in [1.82, 2.24) is 24.9 Å². The van der Waals surface area contributed by atoms with Crippen LogP contribution in [0.25, 0.3) is 33.3 Å². The molecule has 0 aliphatic rings. The maximum absolute atomic E-state index is 4.58. The molecule has 122 valence electrons. The van der Waals surface area contributed by atoms with Gasteiger partial charge in [0.25, 0.3) is 0 Å². The van der Waals surface area contributed by atoms with Crippen LogP contribution in [0.4, 0.5) is 0 Å². The van der Waals surface area contributed by atoms with Crippen LogP contribution in [0.5, 0.6) is 0 Å². The van der Waals surface area contributed by atoms with E-state index in [9.17, 15) is 0 Å². The average Bonchev–Trinajstić information content (AvgIpc) is 3.18. The van der Waals surface area contributed by atoms with E-state index in [4.69, 9.17) is 0 Å². The summed E-state index contributed by atoms with van der Waals surface area (Å²) < 4.78 is 0. The van der Waals surface area contributed by atoms with Gasteiger partial charge >= 0.3 is 0 Å². The summed E-state index contributed by atoms with van der Waals surface area (Å²) in [6.45, 7) is 8.74. The normalized spacial score (nSPS) is 12.1. The van der Waals surface area contributed by atoms with E-state index in [0.717, 1.165) is 33.6 Å². The molecule has 0 bridgehead atoms. The van der Waals surface area contributed by atoms with E-state index in [1.807, 2.05) is 12.4 Å². The molecule has 0 amide bonds. The van der Waals surface area contributed by atoms with E-state index in [-0.39, 0.29) is 0 Å². The zero-order valence-corrected chi connectivity index (χ0v) is 14.4. The molecule has 5 nitrogen and oxygen atoms in total. The van der Waals surface area contributed by atoms with Crippen LogP contribution in [0.2, 0.25) is 0 Å². The first-order valence-corrected chi connectivity index (χ1v) is 8.36. The fourth-order valence-corrected chi connectivity index (χ4v) is 3.43. The van der Waals surface area contributed by atoms with Crippen LogP contribution in [0.1, 0.15) is 50.8 Å². The van der Waals surface area contributed by atoms with Crippen molar-refractivity contribution in [2.45, 2.75) is 39.5 Å². The van der Waals surface area contributed by atoms with Gasteiger partial charge in [-0.2, -0.15) is 0 Å². The third kappa shape index (κ3) is 2.19. The highest BCUT2D eigenvalue weighted by Crippen LogP contribution is 2.35. The third-order valence-electron chi connectivity index (χ3n) is 4.50. The molecule has 24 heavy (non-hydrogen) atoms. The van der Waals surface area contributed by atoms with Gasteiger partial charge in [0.05, 0.1) is 5.69 Å². The van der Waals surface area contributed by atoms with Crippen molar-refractivity contribution in [3.05, 3.63) is 42.1 Å². The van der Waals surface area contributed by atoms with Crippen LogP contribution in [-0.4, -0.2) is 24.9 Å². The highest BCUT2D eigenvalue weighted by molar-refractivity contribution is 5.91. The Bertz CT molecular complexity index is 1020. The van der Waals surface area contributed by atoms with Crippen LogP contribution in [-0.2, 0) is 0 Å². The second-order valence-corrected chi connectivity index (χ2v) is 6.84. The SMILES string of the molecule is CC(C)c1ncnc2[nH]c(-c3cnc4[nH]ccc4c3C(C)C)cc12. The minimum absolute atomic E-state index is 0.356. The van der Waals surface area contributed by atoms with Crippen LogP contribution in [0.3, 0.4) is 0 Å². The Morgan fingerprint density at radius 2 is 1.75 bits per heavy atom. The molecule has 0 fully saturated rings. The minimum atomic E-state index is 0.356. The van der Waals surface area contributed by atoms with Gasteiger partial charge in [-0.1, -0.05) is 27.7 Å². The summed E-state index contributed by atoms with van der Waals surface area (Å²) >= 11 is 0. The first-order chi connectivity index (χ1) is 11.6. The van der Waals surface area contributed by atoms with Crippen molar-refractivity contribution in [1.29, 1.82) is 0 Å². The van der Waals surface area contributed by atoms with Crippen molar-refractivity contribution in [2.75, 3.05) is 0 Å². The van der Waals surface area contributed by atoms with Crippen LogP contribution in [0.15, 0.2) is 30.9 Å². The molecule has 0 aliphatic carbocycles. The second kappa shape index (κ2) is 5.44. The molecule has 0 aliphatic heterocycles. The van der Waals surface area contributed by atoms with Crippen molar-refractivity contribution in [3.8, 4) is 11.3 Å². The number of hydrogen-bond donors (Lipinski definition) is 2. The standard InChI is InChI=1S/C19H21N5/c1-10(2)16-12-5-6-20-18(12)21-8-14(16)15-7-13-17(11(3)4)22-9-23-19(13)24-15/h5-11H,1-4H3,(H,20,21)(H,22,23,24). The van der Waals surface area contributed by atoms with Crippen molar-refractivity contribution in [3.63, 3.8) is 0 Å². The fourth-order valence-electron chi connectivity index (χ4n) is 3.43. The number of fused-ring (bicyclic) bond motifs is 2. The van der Waals surface area contributed by atoms with Gasteiger partial charge in [-0.15, -0.1) is 0 Å². The van der Waals surface area contributed by atoms with Gasteiger partial charge in [-0.05, 0) is 29.5 Å². The molecule has 0 saturated carbocycles. The Hall–Kier alpha value is -2.69. The maximum atomic E-state index is 4.58. The maximum Gasteiger partial charge on any atom is 0.141 e. The lowest BCUT2D eigenvalue weighted by molar-refractivity contribution is 0.828. The Morgan fingerprint density at radius 3 is 2.50 bits per heavy atom. The molecule has 0 spiro atoms. The van der Waals surface area contributed by atoms with Crippen molar-refractivity contribution in [2.24, 2.45) is 0 Å². The second-order valence-electron chi connectivity index (χ2n) is 6.84. The van der Waals surface area contributed by atoms with E-state index in [1.165, 1.54) is 10.9 Å². The summed E-state index contributed by atoms with van der Waals surface area (Å²) in [6, 6.07) is 4.26. The van der Waals surface area contributed by atoms with E-state index < -0.39 is 0 Å². The van der Waals surface area contributed by atoms with Crippen LogP contribution in [0, 0.1) is 0 Å². The monoisotopic (exact) mass is 319 g/mol. The van der Waals surface area contributed by atoms with E-state index in [1.54, 1.807) is 6.33 Å². The Labute approximate surface area is 140 Å². The molecule has 0 radical (unpaired) electrons. The van der Waals surface area contributed by atoms with E-state index in [0.29, 0.717) is 11.8 Å². The zero-order chi connectivity index (χ0) is 16.8. The third-order valence-corrected chi connectivity index (χ3v) is 4.50. The minimum Gasteiger partial charge on any atom is -0.346 e. The molecule has 5 heteroatoms. The number of aromatic amines is 2. The molecular formula is C19H21N5. The fraction of sp³-hybridized carbons (Fsp3) is 0.316. The molecule has 4 aromatic heterocycles. The topological polar surface area (TPSA) is 70.2 Å². The van der Waals surface area contributed by atoms with Crippen LogP contribution < -0.4 is 0 Å². The smallest absolute Gasteiger partial charge is 0.141 e. The van der Waals surface area contributed by atoms with Crippen molar-refractivity contribution < 1.29 is 0 Å². The van der Waals surface area contributed by atoms with Gasteiger partial charge < -0.3 is 9.97 Å². The molecular weight excluding hydrogens is 298 g/mol. The first kappa shape index (κ1) is 14.9. The van der Waals surface area contributed by atoms with E-state index in [2.05, 4.69) is 64.7 Å². The number of aromatic nitrogens is 5. The van der Waals surface area contributed by atoms with Gasteiger partial charge in [0, 0.05) is 34.4 Å². The summed E-state index contributed by atoms with van der Waals surface area (Å²) in [7, 11) is 0. The highest BCUT2D eigenvalue weighted by Gasteiger charge is 2.18. The van der Waals surface area contributed by atoms with Gasteiger partial charge in [-0.25, -0.2) is 15.0 Å². The lowest BCUT2D eigenvalue weighted by atomic mass is 9.94. The molecule has 0 aromatic carbocycles. The van der Waals surface area contributed by atoms with Crippen LogP contribution >= 0.6 is 0 Å². The predicted molar refractivity (Wildman–Crippen MR) is 97.2 cm³/mol. The summed E-state index contributed by atoms with van der Waals surface area (Å²) in [5.41, 5.74) is 6.36. The number of nitrogens with zero attached hydrogens (tertiary/aromatic N) is 3. The summed E-state index contributed by atoms with van der Waals surface area (Å²) in [5, 5.41) is 2.27. The number of rotatable bonds is 3. The van der Waals surface area contributed by atoms with Gasteiger partial charge in [0.2, 0.25) is 0 Å². The summed E-state index contributed by atoms with van der Waals surface area (Å²) in [4.78, 5) is 20.1. The summed E-state index contributed by atoms with van der Waals surface area (Å²) in [6.07, 6.45) is 5.52. The zero-order valence-electron chi connectivity index (χ0n) is 14.4. The average molecular weight is 319 g/mol. The van der Waals surface area contributed by atoms with E-state index >= 15 is 0 Å². The molecule has 4 rings (SSSR count). The van der Waals surface area contributed by atoms with Crippen molar-refractivity contribution >= 4 is 22.1 Å². The lowest BCUT2D eigenvalue weighted by Gasteiger charge is -2.12. The number of pyridine rings is 1. The lowest BCUT2D eigenvalue weighted by Crippen LogP contribution is -1.95. The molecule has 0 unspecified atom stereocenters. The first-order valence-electron chi connectivity index (χ1n) is 8.36. The molecule has 0 saturated heterocycles. The molecule has 0 atom stereocenters. The molecule has 4 aromatic rings. The van der Waals surface area contributed by atoms with Gasteiger partial charge in [-0.3, -0.25) is 0 Å². The predicted octanol–water partition coefficient (Wildman–Crippen LogP) is 4.75. The number of H-pyrrole nitrogens is 2. The Morgan fingerprint density at radius 1 is 0.917 bits per heavy atom. The molecule has 2 N–H and O–H groups in total. The van der Waals surface area contributed by atoms with Gasteiger partial charge in [0.1, 0.15) is 17.6 Å². The Balaban J connectivity index is 1.99.